The number of anilines is 4. The predicted molar refractivity (Wildman–Crippen MR) is 123 cm³/mol. The first-order valence-electron chi connectivity index (χ1n) is 9.64. The standard InChI is InChI=1S/C20H19BrN8O2/c21-15-5-3-14(4-6-15)13-22-27-19-24-18(25-20(26-19)28-11-1-2-12-28)23-16-7-9-17(10-8-16)29(30)31/h3-10,13H,1-2,11-12H2,(H2,23,24,25,26,27)/b22-13-. The molecule has 10 nitrogen and oxygen atoms in total. The molecule has 1 fully saturated rings. The van der Waals surface area contributed by atoms with Crippen molar-refractivity contribution in [1.82, 2.24) is 15.0 Å². The lowest BCUT2D eigenvalue weighted by Crippen LogP contribution is -2.21. The molecule has 4 rings (SSSR count). The van der Waals surface area contributed by atoms with Gasteiger partial charge in [-0.05, 0) is 42.7 Å². The monoisotopic (exact) mass is 482 g/mol. The van der Waals surface area contributed by atoms with Crippen LogP contribution in [0.4, 0.5) is 29.2 Å². The van der Waals surface area contributed by atoms with E-state index in [-0.39, 0.29) is 5.69 Å². The summed E-state index contributed by atoms with van der Waals surface area (Å²) in [6.07, 6.45) is 3.84. The van der Waals surface area contributed by atoms with Gasteiger partial charge in [-0.25, -0.2) is 5.43 Å². The van der Waals surface area contributed by atoms with E-state index >= 15 is 0 Å². The average molecular weight is 483 g/mol. The number of halogens is 1. The van der Waals surface area contributed by atoms with Crippen LogP contribution >= 0.6 is 15.9 Å². The van der Waals surface area contributed by atoms with Gasteiger partial charge in [0.15, 0.2) is 0 Å². The van der Waals surface area contributed by atoms with E-state index in [4.69, 9.17) is 0 Å². The van der Waals surface area contributed by atoms with Gasteiger partial charge in [0.25, 0.3) is 5.69 Å². The summed E-state index contributed by atoms with van der Waals surface area (Å²) in [6, 6.07) is 13.8. The molecule has 158 valence electrons. The third-order valence-corrected chi connectivity index (χ3v) is 5.12. The average Bonchev–Trinajstić information content (AvgIpc) is 3.30. The van der Waals surface area contributed by atoms with Crippen LogP contribution in [0.5, 0.6) is 0 Å². The summed E-state index contributed by atoms with van der Waals surface area (Å²) < 4.78 is 0.993. The second-order valence-electron chi connectivity index (χ2n) is 6.83. The van der Waals surface area contributed by atoms with Crippen molar-refractivity contribution in [3.05, 3.63) is 68.7 Å². The highest BCUT2D eigenvalue weighted by atomic mass is 79.9. The molecule has 11 heteroatoms. The maximum Gasteiger partial charge on any atom is 0.269 e. The van der Waals surface area contributed by atoms with E-state index in [0.717, 1.165) is 36.0 Å². The van der Waals surface area contributed by atoms with E-state index in [9.17, 15) is 10.1 Å². The lowest BCUT2D eigenvalue weighted by atomic mass is 10.2. The quantitative estimate of drug-likeness (QED) is 0.289. The molecule has 0 aliphatic carbocycles. The Morgan fingerprint density at radius 3 is 2.35 bits per heavy atom. The van der Waals surface area contributed by atoms with E-state index in [0.29, 0.717) is 23.5 Å². The molecule has 1 aromatic heterocycles. The smallest absolute Gasteiger partial charge is 0.269 e. The first-order chi connectivity index (χ1) is 15.1. The second kappa shape index (κ2) is 9.47. The van der Waals surface area contributed by atoms with E-state index < -0.39 is 4.92 Å². The van der Waals surface area contributed by atoms with E-state index in [1.54, 1.807) is 18.3 Å². The first kappa shape index (κ1) is 20.7. The van der Waals surface area contributed by atoms with Gasteiger partial charge in [-0.3, -0.25) is 10.1 Å². The molecule has 0 amide bonds. The van der Waals surface area contributed by atoms with Gasteiger partial charge >= 0.3 is 0 Å². The van der Waals surface area contributed by atoms with E-state index in [1.165, 1.54) is 12.1 Å². The van der Waals surface area contributed by atoms with Gasteiger partial charge in [-0.2, -0.15) is 20.1 Å². The number of hydrogen-bond acceptors (Lipinski definition) is 9. The van der Waals surface area contributed by atoms with Crippen molar-refractivity contribution in [2.45, 2.75) is 12.8 Å². The van der Waals surface area contributed by atoms with Gasteiger partial charge in [-0.1, -0.05) is 28.1 Å². The van der Waals surface area contributed by atoms with Crippen LogP contribution in [0, 0.1) is 10.1 Å². The third kappa shape index (κ3) is 5.51. The van der Waals surface area contributed by atoms with Crippen LogP contribution in [0.15, 0.2) is 58.1 Å². The predicted octanol–water partition coefficient (Wildman–Crippen LogP) is 4.33. The highest BCUT2D eigenvalue weighted by Gasteiger charge is 2.17. The SMILES string of the molecule is O=[N+]([O-])c1ccc(Nc2nc(N/N=C\c3ccc(Br)cc3)nc(N3CCCC3)n2)cc1. The molecule has 0 atom stereocenters. The highest BCUT2D eigenvalue weighted by molar-refractivity contribution is 9.10. The lowest BCUT2D eigenvalue weighted by molar-refractivity contribution is -0.384. The van der Waals surface area contributed by atoms with Crippen molar-refractivity contribution in [2.75, 3.05) is 28.7 Å². The van der Waals surface area contributed by atoms with Gasteiger partial charge in [0.1, 0.15) is 0 Å². The Balaban J connectivity index is 1.54. The summed E-state index contributed by atoms with van der Waals surface area (Å²) >= 11 is 3.40. The Morgan fingerprint density at radius 2 is 1.68 bits per heavy atom. The van der Waals surface area contributed by atoms with Crippen LogP contribution in [0.3, 0.4) is 0 Å². The van der Waals surface area contributed by atoms with Gasteiger partial charge < -0.3 is 10.2 Å². The van der Waals surface area contributed by atoms with Crippen molar-refractivity contribution >= 4 is 51.4 Å². The number of nitrogens with one attached hydrogen (secondary N) is 2. The highest BCUT2D eigenvalue weighted by Crippen LogP contribution is 2.22. The molecule has 3 aromatic rings. The Morgan fingerprint density at radius 1 is 1.00 bits per heavy atom. The number of nitro groups is 1. The first-order valence-corrected chi connectivity index (χ1v) is 10.4. The van der Waals surface area contributed by atoms with Crippen molar-refractivity contribution < 1.29 is 4.92 Å². The third-order valence-electron chi connectivity index (χ3n) is 4.59. The summed E-state index contributed by atoms with van der Waals surface area (Å²) in [7, 11) is 0. The molecule has 1 aliphatic rings. The summed E-state index contributed by atoms with van der Waals surface area (Å²) in [6.45, 7) is 1.76. The van der Waals surface area contributed by atoms with Crippen molar-refractivity contribution in [2.24, 2.45) is 5.10 Å². The molecule has 0 saturated carbocycles. The van der Waals surface area contributed by atoms with Crippen LogP contribution in [0.1, 0.15) is 18.4 Å². The van der Waals surface area contributed by atoms with Gasteiger partial charge in [0, 0.05) is 35.4 Å². The summed E-state index contributed by atoms with van der Waals surface area (Å²) in [5.41, 5.74) is 4.44. The van der Waals surface area contributed by atoms with Gasteiger partial charge in [-0.15, -0.1) is 0 Å². The molecule has 0 bridgehead atoms. The zero-order valence-corrected chi connectivity index (χ0v) is 18.0. The van der Waals surface area contributed by atoms with Crippen LogP contribution < -0.4 is 15.6 Å². The molecule has 0 spiro atoms. The Kier molecular flexibility index (Phi) is 6.32. The number of rotatable bonds is 7. The number of nitrogens with zero attached hydrogens (tertiary/aromatic N) is 6. The molecule has 0 radical (unpaired) electrons. The van der Waals surface area contributed by atoms with Crippen molar-refractivity contribution in [3.63, 3.8) is 0 Å². The summed E-state index contributed by atoms with van der Waals surface area (Å²) in [5, 5.41) is 18.2. The number of nitro benzene ring substituents is 1. The largest absolute Gasteiger partial charge is 0.341 e. The minimum atomic E-state index is -0.441. The fourth-order valence-electron chi connectivity index (χ4n) is 3.04. The summed E-state index contributed by atoms with van der Waals surface area (Å²) in [4.78, 5) is 25.9. The molecule has 31 heavy (non-hydrogen) atoms. The van der Waals surface area contributed by atoms with Crippen LogP contribution in [0.2, 0.25) is 0 Å². The number of aromatic nitrogens is 3. The molecule has 2 heterocycles. The normalized spacial score (nSPS) is 13.5. The van der Waals surface area contributed by atoms with Crippen LogP contribution in [-0.4, -0.2) is 39.2 Å². The Labute approximate surface area is 186 Å². The molecule has 2 N–H and O–H groups in total. The zero-order chi connectivity index (χ0) is 21.6. The van der Waals surface area contributed by atoms with E-state index in [2.05, 4.69) is 51.6 Å². The fourth-order valence-corrected chi connectivity index (χ4v) is 3.30. The number of hydrazone groups is 1. The van der Waals surface area contributed by atoms with Gasteiger partial charge in [0.05, 0.1) is 11.1 Å². The lowest BCUT2D eigenvalue weighted by Gasteiger charge is -2.16. The molecular weight excluding hydrogens is 464 g/mol. The molecule has 0 unspecified atom stereocenters. The van der Waals surface area contributed by atoms with Crippen LogP contribution in [0.25, 0.3) is 0 Å². The second-order valence-corrected chi connectivity index (χ2v) is 7.74. The summed E-state index contributed by atoms with van der Waals surface area (Å²) in [5.74, 6) is 1.18. The van der Waals surface area contributed by atoms with E-state index in [1.807, 2.05) is 24.3 Å². The number of non-ortho nitro benzene ring substituents is 1. The maximum absolute atomic E-state index is 10.8. The minimum Gasteiger partial charge on any atom is -0.341 e. The van der Waals surface area contributed by atoms with Crippen molar-refractivity contribution in [3.8, 4) is 0 Å². The molecule has 2 aromatic carbocycles. The number of benzene rings is 2. The Bertz CT molecular complexity index is 1080. The topological polar surface area (TPSA) is 121 Å². The fraction of sp³-hybridized carbons (Fsp3) is 0.200. The molecular formula is C20H19BrN8O2. The van der Waals surface area contributed by atoms with Gasteiger partial charge in [0.2, 0.25) is 17.8 Å². The Hall–Kier alpha value is -3.60. The molecule has 1 saturated heterocycles. The van der Waals surface area contributed by atoms with Crippen LogP contribution in [-0.2, 0) is 0 Å². The number of hydrogen-bond donors (Lipinski definition) is 2. The molecule has 1 aliphatic heterocycles. The maximum atomic E-state index is 10.8. The van der Waals surface area contributed by atoms with Crippen molar-refractivity contribution in [1.29, 1.82) is 0 Å². The minimum absolute atomic E-state index is 0.0172. The zero-order valence-electron chi connectivity index (χ0n) is 16.4.